The summed E-state index contributed by atoms with van der Waals surface area (Å²) < 4.78 is 12.2. The molecule has 412 valence electrons. The fourth-order valence-electron chi connectivity index (χ4n) is 11.3. The maximum atomic E-state index is 14.7. The Kier molecular flexibility index (Phi) is 24.6. The predicted octanol–water partition coefficient (Wildman–Crippen LogP) is 6.26. The van der Waals surface area contributed by atoms with E-state index in [0.717, 1.165) is 59.9 Å². The molecule has 0 saturated carbocycles. The number of aromatic nitrogens is 1. The van der Waals surface area contributed by atoms with Gasteiger partial charge in [0.15, 0.2) is 5.78 Å². The summed E-state index contributed by atoms with van der Waals surface area (Å²) in [5.74, 6) is -3.99. The van der Waals surface area contributed by atoms with Crippen LogP contribution in [-0.2, 0) is 54.3 Å². The number of aromatic amines is 1. The number of H-pyrrole nitrogens is 1. The van der Waals surface area contributed by atoms with Crippen molar-refractivity contribution in [3.63, 3.8) is 0 Å². The number of methoxy groups -OCH3 is 2. The summed E-state index contributed by atoms with van der Waals surface area (Å²) in [5.41, 5.74) is 7.73. The average Bonchev–Trinajstić information content (AvgIpc) is 4.10. The molecule has 0 radical (unpaired) electrons. The van der Waals surface area contributed by atoms with Gasteiger partial charge in [0.25, 0.3) is 11.8 Å². The summed E-state index contributed by atoms with van der Waals surface area (Å²) in [7, 11) is 6.84. The van der Waals surface area contributed by atoms with Gasteiger partial charge in [0.1, 0.15) is 5.78 Å². The first-order chi connectivity index (χ1) is 35.2. The molecule has 4 rings (SSSR count). The van der Waals surface area contributed by atoms with Gasteiger partial charge in [0.05, 0.1) is 36.8 Å². The van der Waals surface area contributed by atoms with E-state index in [1.807, 2.05) is 72.1 Å². The molecule has 0 unspecified atom stereocenters. The van der Waals surface area contributed by atoms with Gasteiger partial charge in [0.2, 0.25) is 23.6 Å². The van der Waals surface area contributed by atoms with Gasteiger partial charge in [-0.2, -0.15) is 0 Å². The Hall–Kier alpha value is -5.26. The van der Waals surface area contributed by atoms with Gasteiger partial charge < -0.3 is 35.3 Å². The first-order valence-corrected chi connectivity index (χ1v) is 27.2. The number of ether oxygens (including phenoxy) is 2. The molecule has 2 aliphatic rings. The van der Waals surface area contributed by atoms with Crippen molar-refractivity contribution in [2.75, 3.05) is 54.5 Å². The minimum atomic E-state index is -0.719. The number of carbonyl (C=O) groups is 8. The number of primary amides is 1. The molecule has 2 aliphatic heterocycles. The summed E-state index contributed by atoms with van der Waals surface area (Å²) in [5, 5.41) is 3.76. The van der Waals surface area contributed by atoms with E-state index in [1.54, 1.807) is 38.0 Å². The standard InChI is InChI=1S/C57H89N7O10/c1-12-38(6)54(48(73-10)34-52(70)63-29-20-23-45(63)55(74-11)39(7)46(65)32-40(56(58)71)31-41-35-60-44-22-18-17-21-42(41)44)62(9)57(72)43(36(2)3)33-47(66)53(37(4)5)61(8)28-19-15-13-14-16-24-49(67)59-27-30-64-50(68)25-26-51(64)69/h17-18,21-22,25-26,35-40,43,45,48,53-55,60H,12-16,19-20,23-24,27-34H2,1-11H3,(H2,58,71)(H,59,67)/t38-,39-,40+,43-,45-,48+,53-,54-,55+/m0/s1. The number of likely N-dealkylation sites (N-methyl/N-ethyl adjacent to an activating group) is 2. The second-order valence-electron chi connectivity index (χ2n) is 21.6. The largest absolute Gasteiger partial charge is 0.379 e. The molecule has 1 aromatic heterocycles. The van der Waals surface area contributed by atoms with E-state index in [4.69, 9.17) is 15.2 Å². The average molecular weight is 1030 g/mol. The molecule has 74 heavy (non-hydrogen) atoms. The molecule has 1 aromatic carbocycles. The van der Waals surface area contributed by atoms with Crippen molar-refractivity contribution >= 4 is 57.9 Å². The number of rotatable bonds is 34. The minimum Gasteiger partial charge on any atom is -0.379 e. The van der Waals surface area contributed by atoms with Crippen LogP contribution in [0.15, 0.2) is 42.6 Å². The van der Waals surface area contributed by atoms with Gasteiger partial charge in [-0.25, -0.2) is 0 Å². The first-order valence-electron chi connectivity index (χ1n) is 27.2. The molecule has 1 fully saturated rings. The highest BCUT2D eigenvalue weighted by Crippen LogP contribution is 2.32. The van der Waals surface area contributed by atoms with E-state index >= 15 is 0 Å². The summed E-state index contributed by atoms with van der Waals surface area (Å²) >= 11 is 0. The van der Waals surface area contributed by atoms with Crippen LogP contribution >= 0.6 is 0 Å². The van der Waals surface area contributed by atoms with E-state index in [2.05, 4.69) is 22.1 Å². The van der Waals surface area contributed by atoms with Crippen LogP contribution in [0.1, 0.15) is 131 Å². The minimum absolute atomic E-state index is 0.00108. The molecule has 3 heterocycles. The maximum absolute atomic E-state index is 14.7. The van der Waals surface area contributed by atoms with E-state index in [1.165, 1.54) is 12.2 Å². The number of ketones is 2. The number of nitrogens with one attached hydrogen (secondary N) is 2. The molecule has 2 aromatic rings. The Balaban J connectivity index is 1.33. The number of likely N-dealkylation sites (tertiary alicyclic amines) is 1. The summed E-state index contributed by atoms with van der Waals surface area (Å²) in [6.45, 7) is 15.5. The van der Waals surface area contributed by atoms with Gasteiger partial charge >= 0.3 is 0 Å². The van der Waals surface area contributed by atoms with Crippen molar-refractivity contribution in [1.82, 2.24) is 29.9 Å². The molecular weight excluding hydrogens is 943 g/mol. The monoisotopic (exact) mass is 1030 g/mol. The highest BCUT2D eigenvalue weighted by atomic mass is 16.5. The Morgan fingerprint density at radius 1 is 0.851 bits per heavy atom. The summed E-state index contributed by atoms with van der Waals surface area (Å²) in [6, 6.07) is 6.53. The Bertz CT molecular complexity index is 2220. The molecule has 1 saturated heterocycles. The van der Waals surface area contributed by atoms with Crippen LogP contribution in [0.5, 0.6) is 0 Å². The number of unbranched alkanes of at least 4 members (excludes halogenated alkanes) is 4. The van der Waals surface area contributed by atoms with Crippen LogP contribution in [0, 0.1) is 35.5 Å². The number of hydrogen-bond acceptors (Lipinski definition) is 11. The zero-order valence-electron chi connectivity index (χ0n) is 46.4. The van der Waals surface area contributed by atoms with Gasteiger partial charge in [-0.15, -0.1) is 0 Å². The molecule has 0 spiro atoms. The lowest BCUT2D eigenvalue weighted by molar-refractivity contribution is -0.149. The number of fused-ring (bicyclic) bond motifs is 1. The van der Waals surface area contributed by atoms with Crippen LogP contribution < -0.4 is 11.1 Å². The molecule has 0 aliphatic carbocycles. The molecule has 17 heteroatoms. The van der Waals surface area contributed by atoms with Crippen molar-refractivity contribution < 1.29 is 47.8 Å². The third-order valence-corrected chi connectivity index (χ3v) is 15.8. The van der Waals surface area contributed by atoms with E-state index in [9.17, 15) is 38.4 Å². The second kappa shape index (κ2) is 29.7. The number of benzene rings is 1. The number of carbonyl (C=O) groups excluding carboxylic acids is 8. The molecule has 4 N–H and O–H groups in total. The van der Waals surface area contributed by atoms with Crippen molar-refractivity contribution in [1.29, 1.82) is 0 Å². The van der Waals surface area contributed by atoms with Gasteiger partial charge in [-0.05, 0) is 75.1 Å². The Morgan fingerprint density at radius 3 is 2.14 bits per heavy atom. The third kappa shape index (κ3) is 16.6. The topological polar surface area (TPSA) is 222 Å². The lowest BCUT2D eigenvalue weighted by Gasteiger charge is -2.41. The SMILES string of the molecule is CC[C@H](C)[C@@H]([C@@H](CC(=O)N1CCC[C@H]1[C@H](OC)[C@@H](C)C(=O)C[C@@H](Cc1c[nH]c2ccccc12)C(N)=O)OC)N(C)C(=O)[C@@H](CC(=O)[C@H](C(C)C)N(C)CCCCCCCC(=O)NCCN1C(=O)C=CC1=O)C(C)C. The van der Waals surface area contributed by atoms with Crippen molar-refractivity contribution in [3.8, 4) is 0 Å². The van der Waals surface area contributed by atoms with Gasteiger partial charge in [-0.3, -0.25) is 48.2 Å². The lowest BCUT2D eigenvalue weighted by Crippen LogP contribution is -2.54. The van der Waals surface area contributed by atoms with Crippen molar-refractivity contribution in [2.45, 2.75) is 162 Å². The van der Waals surface area contributed by atoms with Crippen LogP contribution in [0.25, 0.3) is 10.9 Å². The van der Waals surface area contributed by atoms with Crippen LogP contribution in [0.2, 0.25) is 0 Å². The quantitative estimate of drug-likeness (QED) is 0.0524. The molecular formula is C57H89N7O10. The van der Waals surface area contributed by atoms with Crippen molar-refractivity contribution in [3.05, 3.63) is 48.2 Å². The highest BCUT2D eigenvalue weighted by molar-refractivity contribution is 6.12. The van der Waals surface area contributed by atoms with Gasteiger partial charge in [-0.1, -0.05) is 92.3 Å². The Labute approximate surface area is 440 Å². The summed E-state index contributed by atoms with van der Waals surface area (Å²) in [4.78, 5) is 116. The van der Waals surface area contributed by atoms with E-state index < -0.39 is 41.9 Å². The third-order valence-electron chi connectivity index (χ3n) is 15.8. The van der Waals surface area contributed by atoms with Crippen LogP contribution in [0.4, 0.5) is 0 Å². The second-order valence-corrected chi connectivity index (χ2v) is 21.6. The van der Waals surface area contributed by atoms with Crippen LogP contribution in [-0.4, -0.2) is 156 Å². The zero-order valence-corrected chi connectivity index (χ0v) is 46.4. The predicted molar refractivity (Wildman–Crippen MR) is 286 cm³/mol. The normalized spacial score (nSPS) is 18.2. The molecule has 9 atom stereocenters. The Morgan fingerprint density at radius 2 is 1.51 bits per heavy atom. The number of hydrogen-bond donors (Lipinski definition) is 3. The molecule has 17 nitrogen and oxygen atoms in total. The lowest BCUT2D eigenvalue weighted by atomic mass is 9.83. The number of nitrogens with zero attached hydrogens (tertiary/aromatic N) is 4. The van der Waals surface area contributed by atoms with E-state index in [0.29, 0.717) is 38.8 Å². The molecule has 0 bridgehead atoms. The zero-order chi connectivity index (χ0) is 54.8. The maximum Gasteiger partial charge on any atom is 0.253 e. The van der Waals surface area contributed by atoms with Crippen LogP contribution in [0.3, 0.4) is 0 Å². The summed E-state index contributed by atoms with van der Waals surface area (Å²) in [6.07, 6.45) is 10.2. The number of imide groups is 1. The fourth-order valence-corrected chi connectivity index (χ4v) is 11.3. The van der Waals surface area contributed by atoms with E-state index in [-0.39, 0.29) is 103 Å². The number of nitrogens with two attached hydrogens (primary N) is 1. The van der Waals surface area contributed by atoms with Crippen molar-refractivity contribution in [2.24, 2.45) is 41.2 Å². The molecule has 6 amide bonds. The number of amides is 6. The number of para-hydroxylation sites is 1. The van der Waals surface area contributed by atoms with Gasteiger partial charge in [0, 0.05) is 107 Å². The smallest absolute Gasteiger partial charge is 0.253 e. The fraction of sp³-hybridized carbons (Fsp3) is 0.684. The first kappa shape index (κ1) is 61.3. The number of Topliss-reactive ketones (excluding diaryl/α,β-unsaturated/α-hetero) is 2. The highest BCUT2D eigenvalue weighted by Gasteiger charge is 2.43.